The average Bonchev–Trinajstić information content (AvgIpc) is 2.67. The number of nitrogens with one attached hydrogen (secondary N) is 1. The van der Waals surface area contributed by atoms with Crippen LogP contribution in [0.4, 0.5) is 5.69 Å². The molecule has 1 aromatic heterocycles. The van der Waals surface area contributed by atoms with Crippen LogP contribution >= 0.6 is 0 Å². The molecule has 0 spiro atoms. The van der Waals surface area contributed by atoms with Gasteiger partial charge in [-0.05, 0) is 62.1 Å². The van der Waals surface area contributed by atoms with Crippen LogP contribution in [0.1, 0.15) is 36.6 Å². The van der Waals surface area contributed by atoms with Crippen molar-refractivity contribution in [2.45, 2.75) is 33.7 Å². The molecular weight excluding hydrogens is 316 g/mol. The minimum absolute atomic E-state index is 0.0729. The number of aryl methyl sites for hydroxylation is 2. The van der Waals surface area contributed by atoms with Crippen LogP contribution in [0.5, 0.6) is 0 Å². The van der Waals surface area contributed by atoms with E-state index in [1.54, 1.807) is 0 Å². The Morgan fingerprint density at radius 3 is 2.54 bits per heavy atom. The first-order chi connectivity index (χ1) is 12.7. The summed E-state index contributed by atoms with van der Waals surface area (Å²) in [5, 5.41) is 4.93. The maximum atomic E-state index is 4.61. The molecule has 3 aromatic rings. The molecule has 0 radical (unpaired) electrons. The molecule has 2 heteroatoms. The second-order valence-corrected chi connectivity index (χ2v) is 6.54. The van der Waals surface area contributed by atoms with Crippen LogP contribution in [0.25, 0.3) is 10.9 Å². The summed E-state index contributed by atoms with van der Waals surface area (Å²) in [5.41, 5.74) is 7.18. The van der Waals surface area contributed by atoms with Gasteiger partial charge < -0.3 is 5.32 Å². The monoisotopic (exact) mass is 342 g/mol. The van der Waals surface area contributed by atoms with Crippen molar-refractivity contribution in [1.82, 2.24) is 4.98 Å². The molecule has 0 amide bonds. The van der Waals surface area contributed by atoms with Gasteiger partial charge in [-0.25, -0.2) is 0 Å². The van der Waals surface area contributed by atoms with E-state index in [2.05, 4.69) is 98.7 Å². The van der Waals surface area contributed by atoms with Crippen LogP contribution < -0.4 is 5.32 Å². The number of hydrogen-bond donors (Lipinski definition) is 1. The number of aromatic nitrogens is 1. The zero-order valence-electron chi connectivity index (χ0n) is 16.0. The number of anilines is 1. The molecule has 1 unspecified atom stereocenters. The lowest BCUT2D eigenvalue weighted by Crippen LogP contribution is -2.15. The minimum atomic E-state index is 0.0729. The van der Waals surface area contributed by atoms with E-state index in [0.29, 0.717) is 0 Å². The van der Waals surface area contributed by atoms with Crippen molar-refractivity contribution in [3.8, 4) is 0 Å². The van der Waals surface area contributed by atoms with Gasteiger partial charge in [0.25, 0.3) is 0 Å². The first-order valence-electron chi connectivity index (χ1n) is 9.11. The molecule has 132 valence electrons. The molecule has 0 saturated heterocycles. The first kappa shape index (κ1) is 17.9. The van der Waals surface area contributed by atoms with Crippen molar-refractivity contribution in [3.05, 3.63) is 95.2 Å². The Morgan fingerprint density at radius 2 is 1.81 bits per heavy atom. The Kier molecular flexibility index (Phi) is 5.52. The summed E-state index contributed by atoms with van der Waals surface area (Å²) >= 11 is 0. The van der Waals surface area contributed by atoms with E-state index in [1.165, 1.54) is 27.6 Å². The third-order valence-corrected chi connectivity index (χ3v) is 4.85. The number of allylic oxidation sites excluding steroid dienone is 2. The predicted octanol–water partition coefficient (Wildman–Crippen LogP) is 6.53. The topological polar surface area (TPSA) is 24.9 Å². The van der Waals surface area contributed by atoms with Gasteiger partial charge in [0.15, 0.2) is 0 Å². The van der Waals surface area contributed by atoms with Crippen LogP contribution in [0.15, 0.2) is 78.5 Å². The van der Waals surface area contributed by atoms with E-state index >= 15 is 0 Å². The maximum Gasteiger partial charge on any atom is 0.0767 e. The Hall–Kier alpha value is -2.87. The quantitative estimate of drug-likeness (QED) is 0.533. The van der Waals surface area contributed by atoms with Crippen molar-refractivity contribution in [2.24, 2.45) is 0 Å². The number of hydrogen-bond acceptors (Lipinski definition) is 2. The number of pyridine rings is 1. The second-order valence-electron chi connectivity index (χ2n) is 6.54. The predicted molar refractivity (Wildman–Crippen MR) is 113 cm³/mol. The summed E-state index contributed by atoms with van der Waals surface area (Å²) in [5.74, 6) is 0. The molecule has 0 bridgehead atoms. The Balaban J connectivity index is 2.14. The summed E-state index contributed by atoms with van der Waals surface area (Å²) in [6, 6.07) is 17.0. The smallest absolute Gasteiger partial charge is 0.0767 e. The van der Waals surface area contributed by atoms with Crippen LogP contribution in [0.2, 0.25) is 0 Å². The van der Waals surface area contributed by atoms with Gasteiger partial charge in [0.2, 0.25) is 0 Å². The average molecular weight is 342 g/mol. The van der Waals surface area contributed by atoms with Crippen molar-refractivity contribution >= 4 is 16.6 Å². The minimum Gasteiger partial charge on any atom is -0.374 e. The van der Waals surface area contributed by atoms with Crippen molar-refractivity contribution in [1.29, 1.82) is 0 Å². The molecule has 0 aliphatic rings. The van der Waals surface area contributed by atoms with Gasteiger partial charge in [-0.2, -0.15) is 0 Å². The molecule has 0 saturated carbocycles. The molecule has 1 heterocycles. The lowest BCUT2D eigenvalue weighted by molar-refractivity contribution is 0.922. The summed E-state index contributed by atoms with van der Waals surface area (Å²) < 4.78 is 0. The van der Waals surface area contributed by atoms with E-state index in [0.717, 1.165) is 11.2 Å². The fourth-order valence-corrected chi connectivity index (χ4v) is 3.40. The zero-order valence-corrected chi connectivity index (χ0v) is 16.0. The van der Waals surface area contributed by atoms with E-state index < -0.39 is 0 Å². The van der Waals surface area contributed by atoms with Crippen molar-refractivity contribution < 1.29 is 0 Å². The molecule has 26 heavy (non-hydrogen) atoms. The molecule has 2 aromatic carbocycles. The molecule has 1 N–H and O–H groups in total. The number of benzene rings is 2. The summed E-state index contributed by atoms with van der Waals surface area (Å²) in [7, 11) is 0. The SMILES string of the molecule is C/C=C\C(=C/C)C(Nc1ccccc1C)c1ccc2cccnc2c1C. The molecule has 0 aliphatic heterocycles. The first-order valence-corrected chi connectivity index (χ1v) is 9.11. The molecule has 0 aliphatic carbocycles. The highest BCUT2D eigenvalue weighted by molar-refractivity contribution is 5.83. The fourth-order valence-electron chi connectivity index (χ4n) is 3.40. The fraction of sp³-hybridized carbons (Fsp3) is 0.208. The van der Waals surface area contributed by atoms with Gasteiger partial charge >= 0.3 is 0 Å². The number of fused-ring (bicyclic) bond motifs is 1. The molecule has 0 fully saturated rings. The molecular formula is C24H26N2. The Bertz CT molecular complexity index is 967. The van der Waals surface area contributed by atoms with E-state index in [4.69, 9.17) is 0 Å². The number of nitrogens with zero attached hydrogens (tertiary/aromatic N) is 1. The highest BCUT2D eigenvalue weighted by atomic mass is 14.9. The van der Waals surface area contributed by atoms with Gasteiger partial charge in [0.05, 0.1) is 11.6 Å². The van der Waals surface area contributed by atoms with E-state index in [9.17, 15) is 0 Å². The lowest BCUT2D eigenvalue weighted by atomic mass is 9.92. The Labute approximate surface area is 156 Å². The number of para-hydroxylation sites is 1. The van der Waals surface area contributed by atoms with Gasteiger partial charge in [-0.15, -0.1) is 0 Å². The van der Waals surface area contributed by atoms with Gasteiger partial charge in [-0.3, -0.25) is 4.98 Å². The second kappa shape index (κ2) is 8.01. The van der Waals surface area contributed by atoms with Crippen LogP contribution in [0.3, 0.4) is 0 Å². The summed E-state index contributed by atoms with van der Waals surface area (Å²) in [6.07, 6.45) is 8.32. The standard InChI is InChI=1S/C24H26N2/c1-5-10-19(6-2)24(26-22-13-8-7-11-17(22)3)21-15-14-20-12-9-16-25-23(20)18(21)4/h5-16,24,26H,1-4H3/b10-5-,19-6+. The van der Waals surface area contributed by atoms with Crippen LogP contribution in [0, 0.1) is 13.8 Å². The summed E-state index contributed by atoms with van der Waals surface area (Å²) in [4.78, 5) is 4.61. The normalized spacial score (nSPS) is 13.3. The summed E-state index contributed by atoms with van der Waals surface area (Å²) in [6.45, 7) is 8.46. The van der Waals surface area contributed by atoms with Crippen molar-refractivity contribution in [2.75, 3.05) is 5.32 Å². The van der Waals surface area contributed by atoms with E-state index in [1.807, 2.05) is 12.3 Å². The van der Waals surface area contributed by atoms with Crippen LogP contribution in [-0.2, 0) is 0 Å². The van der Waals surface area contributed by atoms with Crippen molar-refractivity contribution in [3.63, 3.8) is 0 Å². The van der Waals surface area contributed by atoms with Crippen LogP contribution in [-0.4, -0.2) is 4.98 Å². The number of rotatable bonds is 5. The van der Waals surface area contributed by atoms with E-state index in [-0.39, 0.29) is 6.04 Å². The highest BCUT2D eigenvalue weighted by Crippen LogP contribution is 2.33. The third kappa shape index (κ3) is 3.55. The highest BCUT2D eigenvalue weighted by Gasteiger charge is 2.19. The largest absolute Gasteiger partial charge is 0.374 e. The van der Waals surface area contributed by atoms with Gasteiger partial charge in [0.1, 0.15) is 0 Å². The third-order valence-electron chi connectivity index (χ3n) is 4.85. The van der Waals surface area contributed by atoms with Gasteiger partial charge in [0, 0.05) is 17.3 Å². The zero-order chi connectivity index (χ0) is 18.5. The molecule has 3 rings (SSSR count). The Morgan fingerprint density at radius 1 is 1.00 bits per heavy atom. The van der Waals surface area contributed by atoms with Gasteiger partial charge in [-0.1, -0.05) is 54.6 Å². The molecule has 2 nitrogen and oxygen atoms in total. The lowest BCUT2D eigenvalue weighted by Gasteiger charge is -2.25. The molecule has 1 atom stereocenters. The maximum absolute atomic E-state index is 4.61.